The van der Waals surface area contributed by atoms with Crippen LogP contribution in [0.25, 0.3) is 11.0 Å². The Kier molecular flexibility index (Phi) is 4.75. The first kappa shape index (κ1) is 18.4. The average Bonchev–Trinajstić information content (AvgIpc) is 2.90. The molecule has 3 amide bonds. The van der Waals surface area contributed by atoms with Crippen LogP contribution in [0.3, 0.4) is 0 Å². The van der Waals surface area contributed by atoms with Gasteiger partial charge in [0.15, 0.2) is 0 Å². The zero-order valence-electron chi connectivity index (χ0n) is 15.7. The van der Waals surface area contributed by atoms with Gasteiger partial charge in [-0.1, -0.05) is 12.8 Å². The molecule has 2 heterocycles. The maximum absolute atomic E-state index is 12.5. The van der Waals surface area contributed by atoms with Crippen molar-refractivity contribution in [2.45, 2.75) is 39.0 Å². The third-order valence-electron chi connectivity index (χ3n) is 5.73. The fourth-order valence-corrected chi connectivity index (χ4v) is 4.29. The number of rotatable bonds is 4. The Morgan fingerprint density at radius 3 is 2.46 bits per heavy atom. The van der Waals surface area contributed by atoms with Gasteiger partial charge in [0.1, 0.15) is 5.58 Å². The molecule has 0 unspecified atom stereocenters. The third kappa shape index (κ3) is 3.32. The van der Waals surface area contributed by atoms with Crippen molar-refractivity contribution in [2.75, 3.05) is 11.9 Å². The Hall–Kier alpha value is -2.96. The number of benzene rings is 1. The molecule has 1 aromatic heterocycles. The fourth-order valence-electron chi connectivity index (χ4n) is 4.29. The van der Waals surface area contributed by atoms with Gasteiger partial charge in [-0.15, -0.1) is 0 Å². The van der Waals surface area contributed by atoms with Gasteiger partial charge < -0.3 is 9.73 Å². The number of nitrogens with zero attached hydrogens (tertiary/aromatic N) is 1. The van der Waals surface area contributed by atoms with Crippen LogP contribution >= 0.6 is 0 Å². The number of anilines is 1. The van der Waals surface area contributed by atoms with Crippen LogP contribution in [0, 0.1) is 18.8 Å². The number of hydrogen-bond donors (Lipinski definition) is 1. The van der Waals surface area contributed by atoms with Crippen molar-refractivity contribution >= 4 is 34.4 Å². The van der Waals surface area contributed by atoms with Gasteiger partial charge in [-0.3, -0.25) is 19.3 Å². The monoisotopic (exact) mass is 382 g/mol. The van der Waals surface area contributed by atoms with Crippen molar-refractivity contribution in [2.24, 2.45) is 11.8 Å². The lowest BCUT2D eigenvalue weighted by Crippen LogP contribution is -2.34. The van der Waals surface area contributed by atoms with E-state index in [-0.39, 0.29) is 42.5 Å². The fraction of sp³-hybridized carbons (Fsp3) is 0.429. The molecule has 1 N–H and O–H groups in total. The minimum atomic E-state index is -0.444. The number of nitrogens with one attached hydrogen (secondary N) is 1. The molecule has 2 aromatic rings. The first-order chi connectivity index (χ1) is 13.4. The zero-order chi connectivity index (χ0) is 19.8. The Labute approximate surface area is 161 Å². The molecule has 2 atom stereocenters. The smallest absolute Gasteiger partial charge is 0.336 e. The largest absolute Gasteiger partial charge is 0.423 e. The van der Waals surface area contributed by atoms with Crippen molar-refractivity contribution in [3.8, 4) is 0 Å². The lowest BCUT2D eigenvalue weighted by Gasteiger charge is -2.19. The summed E-state index contributed by atoms with van der Waals surface area (Å²) in [5.74, 6) is -0.965. The van der Waals surface area contributed by atoms with Crippen LogP contribution < -0.4 is 10.9 Å². The normalized spacial score (nSPS) is 21.8. The standard InChI is InChI=1S/C21H22N2O5/c1-12-10-19(25)28-17-11-13(6-7-14(12)17)22-18(24)8-9-23-20(26)15-4-2-3-5-16(15)21(23)27/h6-7,10-11,15-16H,2-5,8-9H2,1H3,(H,22,24)/t15-,16-/m0/s1. The van der Waals surface area contributed by atoms with Crippen LogP contribution in [0.5, 0.6) is 0 Å². The molecule has 1 aliphatic carbocycles. The molecule has 2 aliphatic rings. The van der Waals surface area contributed by atoms with E-state index in [0.29, 0.717) is 11.3 Å². The molecule has 1 saturated heterocycles. The molecule has 1 aliphatic heterocycles. The maximum Gasteiger partial charge on any atom is 0.336 e. The van der Waals surface area contributed by atoms with Crippen LogP contribution in [0.2, 0.25) is 0 Å². The molecule has 1 saturated carbocycles. The van der Waals surface area contributed by atoms with E-state index >= 15 is 0 Å². The van der Waals surface area contributed by atoms with E-state index in [1.807, 2.05) is 6.92 Å². The van der Waals surface area contributed by atoms with Crippen LogP contribution in [0.15, 0.2) is 33.5 Å². The molecule has 2 fully saturated rings. The number of fused-ring (bicyclic) bond motifs is 2. The molecular formula is C21H22N2O5. The maximum atomic E-state index is 12.5. The molecular weight excluding hydrogens is 360 g/mol. The van der Waals surface area contributed by atoms with Crippen molar-refractivity contribution in [3.05, 3.63) is 40.2 Å². The highest BCUT2D eigenvalue weighted by Gasteiger charge is 2.47. The molecule has 4 rings (SSSR count). The number of aryl methyl sites for hydroxylation is 1. The average molecular weight is 382 g/mol. The molecule has 146 valence electrons. The predicted molar refractivity (Wildman–Crippen MR) is 103 cm³/mol. The highest BCUT2D eigenvalue weighted by molar-refractivity contribution is 6.05. The minimum Gasteiger partial charge on any atom is -0.423 e. The van der Waals surface area contributed by atoms with Gasteiger partial charge in [0.2, 0.25) is 17.7 Å². The van der Waals surface area contributed by atoms with E-state index in [1.165, 1.54) is 11.0 Å². The first-order valence-corrected chi connectivity index (χ1v) is 9.63. The Morgan fingerprint density at radius 1 is 1.11 bits per heavy atom. The molecule has 7 heteroatoms. The van der Waals surface area contributed by atoms with E-state index in [0.717, 1.165) is 36.6 Å². The molecule has 7 nitrogen and oxygen atoms in total. The minimum absolute atomic E-state index is 0.0344. The van der Waals surface area contributed by atoms with Gasteiger partial charge in [0, 0.05) is 36.2 Å². The summed E-state index contributed by atoms with van der Waals surface area (Å²) in [5.41, 5.74) is 1.26. The van der Waals surface area contributed by atoms with Crippen LogP contribution in [0.4, 0.5) is 5.69 Å². The van der Waals surface area contributed by atoms with Gasteiger partial charge >= 0.3 is 5.63 Å². The highest BCUT2D eigenvalue weighted by atomic mass is 16.4. The van der Waals surface area contributed by atoms with Gasteiger partial charge in [-0.05, 0) is 37.5 Å². The summed E-state index contributed by atoms with van der Waals surface area (Å²) in [5, 5.41) is 3.54. The summed E-state index contributed by atoms with van der Waals surface area (Å²) in [6.07, 6.45) is 3.52. The predicted octanol–water partition coefficient (Wildman–Crippen LogP) is 2.61. The second-order valence-electron chi connectivity index (χ2n) is 7.58. The number of carbonyl (C=O) groups excluding carboxylic acids is 3. The van der Waals surface area contributed by atoms with E-state index in [9.17, 15) is 19.2 Å². The molecule has 0 bridgehead atoms. The summed E-state index contributed by atoms with van der Waals surface area (Å²) in [4.78, 5) is 50.0. The zero-order valence-corrected chi connectivity index (χ0v) is 15.7. The van der Waals surface area contributed by atoms with Crippen molar-refractivity contribution < 1.29 is 18.8 Å². The second kappa shape index (κ2) is 7.22. The Morgan fingerprint density at radius 2 is 1.79 bits per heavy atom. The second-order valence-corrected chi connectivity index (χ2v) is 7.58. The van der Waals surface area contributed by atoms with E-state index in [1.54, 1.807) is 18.2 Å². The quantitative estimate of drug-likeness (QED) is 0.648. The topological polar surface area (TPSA) is 96.7 Å². The number of hydrogen-bond acceptors (Lipinski definition) is 5. The third-order valence-corrected chi connectivity index (χ3v) is 5.73. The molecule has 0 radical (unpaired) electrons. The van der Waals surface area contributed by atoms with Crippen molar-refractivity contribution in [1.82, 2.24) is 4.90 Å². The van der Waals surface area contributed by atoms with E-state index < -0.39 is 5.63 Å². The number of imide groups is 1. The lowest BCUT2D eigenvalue weighted by atomic mass is 9.81. The SMILES string of the molecule is Cc1cc(=O)oc2cc(NC(=O)CCN3C(=O)[C@H]4CCCC[C@@H]4C3=O)ccc12. The van der Waals surface area contributed by atoms with Crippen LogP contribution in [-0.2, 0) is 14.4 Å². The van der Waals surface area contributed by atoms with Crippen molar-refractivity contribution in [1.29, 1.82) is 0 Å². The van der Waals surface area contributed by atoms with Gasteiger partial charge in [-0.2, -0.15) is 0 Å². The van der Waals surface area contributed by atoms with E-state index in [4.69, 9.17) is 4.42 Å². The summed E-state index contributed by atoms with van der Waals surface area (Å²) in [6, 6.07) is 6.53. The van der Waals surface area contributed by atoms with Gasteiger partial charge in [-0.25, -0.2) is 4.79 Å². The highest BCUT2D eigenvalue weighted by Crippen LogP contribution is 2.38. The van der Waals surface area contributed by atoms with Crippen LogP contribution in [-0.4, -0.2) is 29.2 Å². The summed E-state index contributed by atoms with van der Waals surface area (Å²) >= 11 is 0. The molecule has 0 spiro atoms. The summed E-state index contributed by atoms with van der Waals surface area (Å²) in [6.45, 7) is 1.91. The Balaban J connectivity index is 1.41. The van der Waals surface area contributed by atoms with Gasteiger partial charge in [0.25, 0.3) is 0 Å². The number of amides is 3. The molecule has 28 heavy (non-hydrogen) atoms. The van der Waals surface area contributed by atoms with E-state index in [2.05, 4.69) is 5.32 Å². The first-order valence-electron chi connectivity index (χ1n) is 9.63. The van der Waals surface area contributed by atoms with Crippen molar-refractivity contribution in [3.63, 3.8) is 0 Å². The summed E-state index contributed by atoms with van der Waals surface area (Å²) in [7, 11) is 0. The molecule has 1 aromatic carbocycles. The Bertz CT molecular complexity index is 1000. The summed E-state index contributed by atoms with van der Waals surface area (Å²) < 4.78 is 5.18. The lowest BCUT2D eigenvalue weighted by molar-refractivity contribution is -0.140. The number of likely N-dealkylation sites (tertiary alicyclic amines) is 1. The van der Waals surface area contributed by atoms with Crippen LogP contribution in [0.1, 0.15) is 37.7 Å². The number of carbonyl (C=O) groups is 3. The van der Waals surface area contributed by atoms with Gasteiger partial charge in [0.05, 0.1) is 11.8 Å².